The fraction of sp³-hybridized carbons (Fsp3) is 0.143. The summed E-state index contributed by atoms with van der Waals surface area (Å²) in [6.45, 7) is 0.380. The number of amides is 1. The lowest BCUT2D eigenvalue weighted by molar-refractivity contribution is 0.0779. The van der Waals surface area contributed by atoms with Crippen molar-refractivity contribution in [2.24, 2.45) is 0 Å². The number of nitrogen functional groups attached to an aromatic ring is 1. The van der Waals surface area contributed by atoms with Gasteiger partial charge in [0.25, 0.3) is 5.91 Å². The van der Waals surface area contributed by atoms with Crippen LogP contribution in [0, 0.1) is 11.3 Å². The Morgan fingerprint density at radius 3 is 2.95 bits per heavy atom. The third-order valence-corrected chi connectivity index (χ3v) is 2.69. The Labute approximate surface area is 116 Å². The van der Waals surface area contributed by atoms with Crippen molar-refractivity contribution in [3.63, 3.8) is 0 Å². The summed E-state index contributed by atoms with van der Waals surface area (Å²) in [6.07, 6.45) is 2.76. The van der Waals surface area contributed by atoms with Crippen LogP contribution in [-0.4, -0.2) is 27.8 Å². The first kappa shape index (κ1) is 13.5. The average Bonchev–Trinajstić information content (AvgIpc) is 2.46. The summed E-state index contributed by atoms with van der Waals surface area (Å²) >= 11 is 0. The van der Waals surface area contributed by atoms with Gasteiger partial charge in [-0.1, -0.05) is 12.1 Å². The Balaban J connectivity index is 2.13. The van der Waals surface area contributed by atoms with Gasteiger partial charge in [-0.05, 0) is 17.7 Å². The molecule has 2 N–H and O–H groups in total. The Kier molecular flexibility index (Phi) is 3.91. The van der Waals surface area contributed by atoms with Crippen molar-refractivity contribution in [2.75, 3.05) is 12.8 Å². The van der Waals surface area contributed by atoms with Gasteiger partial charge in [0.2, 0.25) is 0 Å². The fourth-order valence-electron chi connectivity index (χ4n) is 1.76. The van der Waals surface area contributed by atoms with Gasteiger partial charge in [-0.2, -0.15) is 5.26 Å². The number of nitrogens with two attached hydrogens (primary N) is 1. The molecule has 1 aromatic carbocycles. The molecule has 1 aromatic heterocycles. The molecule has 0 aliphatic heterocycles. The van der Waals surface area contributed by atoms with Crippen LogP contribution in [0.2, 0.25) is 0 Å². The third-order valence-electron chi connectivity index (χ3n) is 2.69. The number of hydrogen-bond donors (Lipinski definition) is 1. The van der Waals surface area contributed by atoms with Crippen molar-refractivity contribution in [1.29, 1.82) is 5.26 Å². The first-order valence-corrected chi connectivity index (χ1v) is 5.92. The highest BCUT2D eigenvalue weighted by atomic mass is 16.2. The largest absolute Gasteiger partial charge is 0.382 e. The maximum absolute atomic E-state index is 12.2. The number of hydrogen-bond acceptors (Lipinski definition) is 5. The van der Waals surface area contributed by atoms with E-state index in [1.54, 1.807) is 25.2 Å². The van der Waals surface area contributed by atoms with Crippen LogP contribution in [0.15, 0.2) is 36.7 Å². The second-order valence-corrected chi connectivity index (χ2v) is 4.30. The van der Waals surface area contributed by atoms with Crippen molar-refractivity contribution in [3.05, 3.63) is 53.5 Å². The van der Waals surface area contributed by atoms with E-state index >= 15 is 0 Å². The molecule has 1 amide bonds. The lowest BCUT2D eigenvalue weighted by Gasteiger charge is -2.16. The zero-order valence-electron chi connectivity index (χ0n) is 10.9. The van der Waals surface area contributed by atoms with Gasteiger partial charge in [0.15, 0.2) is 0 Å². The van der Waals surface area contributed by atoms with Gasteiger partial charge in [0, 0.05) is 13.6 Å². The molecule has 0 aliphatic rings. The molecule has 0 bridgehead atoms. The minimum absolute atomic E-state index is 0.198. The Bertz CT molecular complexity index is 677. The Morgan fingerprint density at radius 2 is 2.25 bits per heavy atom. The van der Waals surface area contributed by atoms with Gasteiger partial charge in [-0.15, -0.1) is 0 Å². The SMILES string of the molecule is CN(Cc1cccc(C#N)c1)C(=O)c1cncc(N)n1. The molecule has 1 heterocycles. The number of benzene rings is 1. The van der Waals surface area contributed by atoms with E-state index in [-0.39, 0.29) is 17.4 Å². The summed E-state index contributed by atoms with van der Waals surface area (Å²) in [5.74, 6) is -0.0668. The molecule has 20 heavy (non-hydrogen) atoms. The monoisotopic (exact) mass is 267 g/mol. The number of nitriles is 1. The lowest BCUT2D eigenvalue weighted by atomic mass is 10.1. The fourth-order valence-corrected chi connectivity index (χ4v) is 1.76. The molecule has 0 atom stereocenters. The minimum atomic E-state index is -0.271. The van der Waals surface area contributed by atoms with E-state index in [9.17, 15) is 4.79 Å². The van der Waals surface area contributed by atoms with Gasteiger partial charge in [0.1, 0.15) is 11.5 Å². The minimum Gasteiger partial charge on any atom is -0.382 e. The molecule has 100 valence electrons. The molecule has 0 saturated carbocycles. The molecule has 6 heteroatoms. The van der Waals surface area contributed by atoms with Crippen LogP contribution in [0.1, 0.15) is 21.6 Å². The van der Waals surface area contributed by atoms with E-state index in [0.717, 1.165) is 5.56 Å². The highest BCUT2D eigenvalue weighted by Gasteiger charge is 2.14. The molecule has 0 fully saturated rings. The molecule has 0 spiro atoms. The summed E-state index contributed by atoms with van der Waals surface area (Å²) in [4.78, 5) is 21.4. The molecule has 6 nitrogen and oxygen atoms in total. The zero-order valence-corrected chi connectivity index (χ0v) is 10.9. The van der Waals surface area contributed by atoms with Crippen molar-refractivity contribution in [1.82, 2.24) is 14.9 Å². The normalized spacial score (nSPS) is 9.80. The number of aromatic nitrogens is 2. The van der Waals surface area contributed by atoms with Gasteiger partial charge in [0.05, 0.1) is 24.0 Å². The van der Waals surface area contributed by atoms with E-state index in [0.29, 0.717) is 12.1 Å². The molecule has 0 saturated heterocycles. The molecule has 0 unspecified atom stereocenters. The molecular formula is C14H13N5O. The van der Waals surface area contributed by atoms with Crippen LogP contribution in [0.25, 0.3) is 0 Å². The Morgan fingerprint density at radius 1 is 1.45 bits per heavy atom. The van der Waals surface area contributed by atoms with Gasteiger partial charge in [-0.3, -0.25) is 9.78 Å². The molecule has 2 aromatic rings. The smallest absolute Gasteiger partial charge is 0.274 e. The first-order chi connectivity index (χ1) is 9.60. The van der Waals surface area contributed by atoms with E-state index in [2.05, 4.69) is 16.0 Å². The summed E-state index contributed by atoms with van der Waals surface area (Å²) < 4.78 is 0. The third kappa shape index (κ3) is 3.09. The van der Waals surface area contributed by atoms with Gasteiger partial charge < -0.3 is 10.6 Å². The molecular weight excluding hydrogens is 254 g/mol. The topological polar surface area (TPSA) is 95.9 Å². The summed E-state index contributed by atoms with van der Waals surface area (Å²) in [7, 11) is 1.66. The molecule has 0 radical (unpaired) electrons. The highest BCUT2D eigenvalue weighted by molar-refractivity contribution is 5.92. The highest BCUT2D eigenvalue weighted by Crippen LogP contribution is 2.09. The van der Waals surface area contributed by atoms with Crippen LogP contribution in [-0.2, 0) is 6.54 Å². The summed E-state index contributed by atoms with van der Waals surface area (Å²) in [5.41, 5.74) is 7.14. The number of carbonyl (C=O) groups excluding carboxylic acids is 1. The van der Waals surface area contributed by atoms with E-state index in [1.165, 1.54) is 17.3 Å². The van der Waals surface area contributed by atoms with Crippen LogP contribution < -0.4 is 5.73 Å². The van der Waals surface area contributed by atoms with Crippen molar-refractivity contribution >= 4 is 11.7 Å². The van der Waals surface area contributed by atoms with E-state index in [4.69, 9.17) is 11.0 Å². The second kappa shape index (κ2) is 5.80. The predicted molar refractivity (Wildman–Crippen MR) is 73.4 cm³/mol. The van der Waals surface area contributed by atoms with Crippen LogP contribution >= 0.6 is 0 Å². The zero-order chi connectivity index (χ0) is 14.5. The van der Waals surface area contributed by atoms with E-state index < -0.39 is 0 Å². The van der Waals surface area contributed by atoms with Gasteiger partial charge >= 0.3 is 0 Å². The standard InChI is InChI=1S/C14H13N5O/c1-19(9-11-4-2-3-10(5-11)6-15)14(20)12-7-17-8-13(16)18-12/h2-5,7-8H,9H2,1H3,(H2,16,18). The quantitative estimate of drug-likeness (QED) is 0.901. The molecule has 2 rings (SSSR count). The summed E-state index contributed by atoms with van der Waals surface area (Å²) in [5, 5.41) is 8.85. The van der Waals surface area contributed by atoms with Crippen molar-refractivity contribution in [2.45, 2.75) is 6.54 Å². The number of anilines is 1. The number of rotatable bonds is 3. The van der Waals surface area contributed by atoms with Crippen molar-refractivity contribution < 1.29 is 4.79 Å². The average molecular weight is 267 g/mol. The predicted octanol–water partition coefficient (Wildman–Crippen LogP) is 1.20. The summed E-state index contributed by atoms with van der Waals surface area (Å²) in [6, 6.07) is 9.17. The lowest BCUT2D eigenvalue weighted by Crippen LogP contribution is -2.27. The van der Waals surface area contributed by atoms with Crippen LogP contribution in [0.5, 0.6) is 0 Å². The van der Waals surface area contributed by atoms with Crippen molar-refractivity contribution in [3.8, 4) is 6.07 Å². The number of nitrogens with zero attached hydrogens (tertiary/aromatic N) is 4. The second-order valence-electron chi connectivity index (χ2n) is 4.30. The molecule has 0 aliphatic carbocycles. The number of carbonyl (C=O) groups is 1. The van der Waals surface area contributed by atoms with E-state index in [1.807, 2.05) is 6.07 Å². The maximum Gasteiger partial charge on any atom is 0.274 e. The van der Waals surface area contributed by atoms with Gasteiger partial charge in [-0.25, -0.2) is 4.98 Å². The maximum atomic E-state index is 12.2. The van der Waals surface area contributed by atoms with Crippen LogP contribution in [0.4, 0.5) is 5.82 Å². The Hall–Kier alpha value is -2.94. The van der Waals surface area contributed by atoms with Crippen LogP contribution in [0.3, 0.4) is 0 Å². The first-order valence-electron chi connectivity index (χ1n) is 5.92.